The van der Waals surface area contributed by atoms with Crippen LogP contribution in [0.2, 0.25) is 0 Å². The molecule has 104 valence electrons. The minimum atomic E-state index is -0.661. The van der Waals surface area contributed by atoms with Crippen LogP contribution in [0.1, 0.15) is 10.4 Å². The molecule has 6 heteroatoms. The van der Waals surface area contributed by atoms with Gasteiger partial charge in [0.15, 0.2) is 11.6 Å². The van der Waals surface area contributed by atoms with Gasteiger partial charge in [-0.05, 0) is 28.1 Å². The van der Waals surface area contributed by atoms with Crippen LogP contribution in [0.25, 0.3) is 0 Å². The summed E-state index contributed by atoms with van der Waals surface area (Å²) in [5.41, 5.74) is 5.63. The zero-order chi connectivity index (χ0) is 14.7. The molecule has 0 aliphatic rings. The summed E-state index contributed by atoms with van der Waals surface area (Å²) in [7, 11) is 1.22. The molecule has 20 heavy (non-hydrogen) atoms. The Bertz CT molecular complexity index is 661. The van der Waals surface area contributed by atoms with E-state index in [1.165, 1.54) is 13.2 Å². The molecule has 0 spiro atoms. The third-order valence-corrected chi connectivity index (χ3v) is 3.22. The lowest BCUT2D eigenvalue weighted by Gasteiger charge is -2.11. The van der Waals surface area contributed by atoms with E-state index in [-0.39, 0.29) is 17.0 Å². The molecule has 0 amide bonds. The van der Waals surface area contributed by atoms with Crippen LogP contribution in [0.4, 0.5) is 10.1 Å². The van der Waals surface area contributed by atoms with Gasteiger partial charge in [0.2, 0.25) is 0 Å². The van der Waals surface area contributed by atoms with Crippen LogP contribution in [0.3, 0.4) is 0 Å². The average Bonchev–Trinajstić information content (AvgIpc) is 2.43. The highest BCUT2D eigenvalue weighted by Crippen LogP contribution is 2.32. The van der Waals surface area contributed by atoms with Crippen molar-refractivity contribution in [2.45, 2.75) is 0 Å². The number of halogens is 2. The van der Waals surface area contributed by atoms with Crippen LogP contribution in [-0.4, -0.2) is 13.1 Å². The first-order chi connectivity index (χ1) is 9.52. The predicted molar refractivity (Wildman–Crippen MR) is 76.4 cm³/mol. The minimum Gasteiger partial charge on any atom is -0.465 e. The van der Waals surface area contributed by atoms with Crippen molar-refractivity contribution >= 4 is 27.6 Å². The van der Waals surface area contributed by atoms with Crippen molar-refractivity contribution in [2.75, 3.05) is 12.8 Å². The van der Waals surface area contributed by atoms with Gasteiger partial charge in [-0.15, -0.1) is 0 Å². The van der Waals surface area contributed by atoms with Gasteiger partial charge in [0.1, 0.15) is 5.75 Å². The fraction of sp³-hybridized carbons (Fsp3) is 0.0714. The third kappa shape index (κ3) is 2.91. The maximum Gasteiger partial charge on any atom is 0.340 e. The van der Waals surface area contributed by atoms with Crippen LogP contribution in [0, 0.1) is 5.82 Å². The van der Waals surface area contributed by atoms with Gasteiger partial charge in [0.25, 0.3) is 0 Å². The second-order valence-electron chi connectivity index (χ2n) is 3.89. The zero-order valence-corrected chi connectivity index (χ0v) is 12.1. The number of nitrogens with two attached hydrogens (primary N) is 1. The Morgan fingerprint density at radius 2 is 1.95 bits per heavy atom. The summed E-state index contributed by atoms with van der Waals surface area (Å²) in [4.78, 5) is 11.5. The molecule has 0 bridgehead atoms. The molecule has 0 aromatic heterocycles. The van der Waals surface area contributed by atoms with E-state index in [2.05, 4.69) is 20.7 Å². The van der Waals surface area contributed by atoms with Crippen LogP contribution in [0.5, 0.6) is 11.5 Å². The molecule has 4 nitrogen and oxygen atoms in total. The first-order valence-electron chi connectivity index (χ1n) is 5.62. The van der Waals surface area contributed by atoms with Crippen molar-refractivity contribution in [2.24, 2.45) is 0 Å². The molecule has 0 fully saturated rings. The predicted octanol–water partition coefficient (Wildman–Crippen LogP) is 3.75. The number of hydrogen-bond donors (Lipinski definition) is 1. The molecular formula is C14H11BrFNO3. The lowest BCUT2D eigenvalue weighted by Crippen LogP contribution is -2.06. The van der Waals surface area contributed by atoms with Crippen molar-refractivity contribution in [3.63, 3.8) is 0 Å². The molecule has 0 saturated heterocycles. The number of esters is 1. The van der Waals surface area contributed by atoms with Gasteiger partial charge in [-0.3, -0.25) is 0 Å². The highest BCUT2D eigenvalue weighted by molar-refractivity contribution is 9.10. The monoisotopic (exact) mass is 339 g/mol. The van der Waals surface area contributed by atoms with Gasteiger partial charge in [0.05, 0.1) is 17.1 Å². The molecule has 0 aliphatic carbocycles. The van der Waals surface area contributed by atoms with Gasteiger partial charge in [-0.1, -0.05) is 12.1 Å². The Morgan fingerprint density at radius 1 is 1.25 bits per heavy atom. The van der Waals surface area contributed by atoms with E-state index >= 15 is 0 Å². The zero-order valence-electron chi connectivity index (χ0n) is 10.5. The van der Waals surface area contributed by atoms with Crippen molar-refractivity contribution in [3.8, 4) is 11.5 Å². The van der Waals surface area contributed by atoms with Crippen LogP contribution >= 0.6 is 15.9 Å². The van der Waals surface area contributed by atoms with Crippen molar-refractivity contribution < 1.29 is 18.7 Å². The summed E-state index contributed by atoms with van der Waals surface area (Å²) >= 11 is 3.29. The fourth-order valence-electron chi connectivity index (χ4n) is 1.58. The largest absolute Gasteiger partial charge is 0.465 e. The number of ether oxygens (including phenoxy) is 2. The standard InChI is InChI=1S/C14H11BrFNO3/c1-19-14(18)8-6-13(10(16)7-11(8)17)20-12-5-3-2-4-9(12)15/h2-7H,17H2,1H3. The first kappa shape index (κ1) is 14.3. The smallest absolute Gasteiger partial charge is 0.340 e. The number of nitrogen functional groups attached to an aromatic ring is 1. The number of para-hydroxylation sites is 1. The molecule has 2 N–H and O–H groups in total. The topological polar surface area (TPSA) is 61.5 Å². The molecule has 2 aromatic rings. The number of hydrogen-bond acceptors (Lipinski definition) is 4. The second-order valence-corrected chi connectivity index (χ2v) is 4.75. The molecule has 0 aliphatic heterocycles. The Morgan fingerprint density at radius 3 is 2.60 bits per heavy atom. The molecule has 0 unspecified atom stereocenters. The number of rotatable bonds is 3. The number of methoxy groups -OCH3 is 1. The van der Waals surface area contributed by atoms with Crippen molar-refractivity contribution in [3.05, 3.63) is 52.3 Å². The molecule has 0 atom stereocenters. The molecule has 0 saturated carbocycles. The van der Waals surface area contributed by atoms with E-state index in [0.29, 0.717) is 10.2 Å². The van der Waals surface area contributed by atoms with Crippen molar-refractivity contribution in [1.82, 2.24) is 0 Å². The Hall–Kier alpha value is -2.08. The third-order valence-electron chi connectivity index (χ3n) is 2.57. The summed E-state index contributed by atoms with van der Waals surface area (Å²) < 4.78 is 24.5. The summed E-state index contributed by atoms with van der Waals surface area (Å²) in [6.45, 7) is 0. The van der Waals surface area contributed by atoms with E-state index < -0.39 is 11.8 Å². The quantitative estimate of drug-likeness (QED) is 0.683. The summed E-state index contributed by atoms with van der Waals surface area (Å²) in [5.74, 6) is -0.996. The number of carbonyl (C=O) groups is 1. The molecular weight excluding hydrogens is 329 g/mol. The molecule has 0 heterocycles. The minimum absolute atomic E-state index is 0.00572. The van der Waals surface area contributed by atoms with E-state index in [9.17, 15) is 9.18 Å². The van der Waals surface area contributed by atoms with Crippen LogP contribution in [-0.2, 0) is 4.74 Å². The number of benzene rings is 2. The highest BCUT2D eigenvalue weighted by atomic mass is 79.9. The average molecular weight is 340 g/mol. The van der Waals surface area contributed by atoms with Gasteiger partial charge in [-0.25, -0.2) is 9.18 Å². The normalized spacial score (nSPS) is 10.2. The van der Waals surface area contributed by atoms with E-state index in [1.807, 2.05) is 0 Å². The Labute approximate surface area is 123 Å². The summed E-state index contributed by atoms with van der Waals surface area (Å²) in [6.07, 6.45) is 0. The first-order valence-corrected chi connectivity index (χ1v) is 6.42. The van der Waals surface area contributed by atoms with Gasteiger partial charge in [0, 0.05) is 17.8 Å². The van der Waals surface area contributed by atoms with E-state index in [0.717, 1.165) is 6.07 Å². The number of carbonyl (C=O) groups excluding carboxylic acids is 1. The maximum absolute atomic E-state index is 13.8. The molecule has 2 rings (SSSR count). The summed E-state index contributed by atoms with van der Waals surface area (Å²) in [5, 5.41) is 0. The van der Waals surface area contributed by atoms with E-state index in [1.54, 1.807) is 24.3 Å². The lowest BCUT2D eigenvalue weighted by molar-refractivity contribution is 0.0601. The maximum atomic E-state index is 13.8. The highest BCUT2D eigenvalue weighted by Gasteiger charge is 2.16. The van der Waals surface area contributed by atoms with Crippen LogP contribution < -0.4 is 10.5 Å². The molecule has 2 aromatic carbocycles. The second kappa shape index (κ2) is 5.92. The Kier molecular flexibility index (Phi) is 4.24. The Balaban J connectivity index is 2.42. The van der Waals surface area contributed by atoms with E-state index in [4.69, 9.17) is 10.5 Å². The lowest BCUT2D eigenvalue weighted by atomic mass is 10.1. The van der Waals surface area contributed by atoms with Crippen LogP contribution in [0.15, 0.2) is 40.9 Å². The van der Waals surface area contributed by atoms with Gasteiger partial charge in [-0.2, -0.15) is 0 Å². The number of anilines is 1. The summed E-state index contributed by atoms with van der Waals surface area (Å²) in [6, 6.07) is 9.21. The SMILES string of the molecule is COC(=O)c1cc(Oc2ccccc2Br)c(F)cc1N. The van der Waals surface area contributed by atoms with Crippen molar-refractivity contribution in [1.29, 1.82) is 0 Å². The van der Waals surface area contributed by atoms with Gasteiger partial charge < -0.3 is 15.2 Å². The molecule has 0 radical (unpaired) electrons. The van der Waals surface area contributed by atoms with Gasteiger partial charge >= 0.3 is 5.97 Å². The fourth-order valence-corrected chi connectivity index (χ4v) is 1.95.